The van der Waals surface area contributed by atoms with Gasteiger partial charge in [-0.1, -0.05) is 30.3 Å². The maximum Gasteiger partial charge on any atom is 0.339 e. The van der Waals surface area contributed by atoms with Crippen LogP contribution in [0.4, 0.5) is 0 Å². The highest BCUT2D eigenvalue weighted by atomic mass is 16.5. The van der Waals surface area contributed by atoms with Gasteiger partial charge in [0.1, 0.15) is 11.3 Å². The zero-order valence-corrected chi connectivity index (χ0v) is 12.0. The number of hydrogen-bond donors (Lipinski definition) is 1. The summed E-state index contributed by atoms with van der Waals surface area (Å²) < 4.78 is 5.33. The molecule has 0 bridgehead atoms. The van der Waals surface area contributed by atoms with Gasteiger partial charge in [0.2, 0.25) is 0 Å². The Labute approximate surface area is 124 Å². The summed E-state index contributed by atoms with van der Waals surface area (Å²) in [5.41, 5.74) is 0.920. The van der Waals surface area contributed by atoms with E-state index in [4.69, 9.17) is 15.1 Å². The van der Waals surface area contributed by atoms with Crippen LogP contribution >= 0.6 is 0 Å². The van der Waals surface area contributed by atoms with Crippen LogP contribution < -0.4 is 4.74 Å². The van der Waals surface area contributed by atoms with Crippen LogP contribution in [0.3, 0.4) is 0 Å². The highest BCUT2D eigenvalue weighted by molar-refractivity contribution is 5.90. The van der Waals surface area contributed by atoms with Crippen LogP contribution in [0, 0.1) is 11.3 Å². The Balaban J connectivity index is 0.000000235. The summed E-state index contributed by atoms with van der Waals surface area (Å²) in [6.45, 7) is 3.72. The Morgan fingerprint density at radius 3 is 2.14 bits per heavy atom. The van der Waals surface area contributed by atoms with Crippen LogP contribution in [0.1, 0.15) is 29.8 Å². The summed E-state index contributed by atoms with van der Waals surface area (Å²) >= 11 is 0. The van der Waals surface area contributed by atoms with Crippen molar-refractivity contribution in [1.82, 2.24) is 0 Å². The molecule has 2 aromatic carbocycles. The molecule has 0 spiro atoms. The molecule has 0 aliphatic rings. The monoisotopic (exact) mass is 283 g/mol. The van der Waals surface area contributed by atoms with Crippen LogP contribution in [-0.4, -0.2) is 17.2 Å². The lowest BCUT2D eigenvalue weighted by atomic mass is 10.2. The van der Waals surface area contributed by atoms with Gasteiger partial charge in [0.15, 0.2) is 0 Å². The molecule has 0 fully saturated rings. The smallest absolute Gasteiger partial charge is 0.339 e. The molecule has 0 heterocycles. The van der Waals surface area contributed by atoms with Crippen molar-refractivity contribution >= 4 is 5.97 Å². The summed E-state index contributed by atoms with van der Waals surface area (Å²) in [5, 5.41) is 17.1. The SMILES string of the molecule is CC(C)Oc1ccccc1C(=O)O.N#Cc1ccccc1. The predicted molar refractivity (Wildman–Crippen MR) is 80.3 cm³/mol. The van der Waals surface area contributed by atoms with Gasteiger partial charge in [-0.2, -0.15) is 5.26 Å². The number of ether oxygens (including phenoxy) is 1. The lowest BCUT2D eigenvalue weighted by Gasteiger charge is -2.11. The number of benzene rings is 2. The van der Waals surface area contributed by atoms with Crippen molar-refractivity contribution in [1.29, 1.82) is 5.26 Å². The average molecular weight is 283 g/mol. The molecule has 1 N–H and O–H groups in total. The third kappa shape index (κ3) is 5.79. The van der Waals surface area contributed by atoms with Crippen molar-refractivity contribution < 1.29 is 14.6 Å². The van der Waals surface area contributed by atoms with Crippen molar-refractivity contribution in [2.45, 2.75) is 20.0 Å². The maximum absolute atomic E-state index is 10.7. The Morgan fingerprint density at radius 2 is 1.67 bits per heavy atom. The van der Waals surface area contributed by atoms with E-state index in [0.29, 0.717) is 11.3 Å². The first kappa shape index (κ1) is 16.3. The number of aromatic carboxylic acids is 1. The molecule has 0 atom stereocenters. The summed E-state index contributed by atoms with van der Waals surface area (Å²) in [6.07, 6.45) is -0.0134. The average Bonchev–Trinajstić information content (AvgIpc) is 2.48. The summed E-state index contributed by atoms with van der Waals surface area (Å²) in [6, 6.07) is 17.8. The number of carboxylic acid groups (broad SMARTS) is 1. The summed E-state index contributed by atoms with van der Waals surface area (Å²) in [5.74, 6) is -0.541. The normalized spacial score (nSPS) is 9.24. The molecule has 0 saturated heterocycles. The van der Waals surface area contributed by atoms with Crippen molar-refractivity contribution in [2.75, 3.05) is 0 Å². The van der Waals surface area contributed by atoms with Gasteiger partial charge in [-0.25, -0.2) is 4.79 Å². The first-order valence-electron chi connectivity index (χ1n) is 6.48. The van der Waals surface area contributed by atoms with Gasteiger partial charge in [-0.3, -0.25) is 0 Å². The Morgan fingerprint density at radius 1 is 1.10 bits per heavy atom. The fraction of sp³-hybridized carbons (Fsp3) is 0.176. The van der Waals surface area contributed by atoms with E-state index in [2.05, 4.69) is 0 Å². The van der Waals surface area contributed by atoms with Crippen molar-refractivity contribution in [3.8, 4) is 11.8 Å². The van der Waals surface area contributed by atoms with E-state index < -0.39 is 5.97 Å². The molecular weight excluding hydrogens is 266 g/mol. The Bertz CT molecular complexity index is 615. The Hall–Kier alpha value is -2.80. The zero-order chi connectivity index (χ0) is 15.7. The van der Waals surface area contributed by atoms with Crippen molar-refractivity contribution in [3.05, 3.63) is 65.7 Å². The molecule has 4 heteroatoms. The minimum absolute atomic E-state index is 0.0134. The van der Waals surface area contributed by atoms with Crippen molar-refractivity contribution in [3.63, 3.8) is 0 Å². The molecule has 0 radical (unpaired) electrons. The van der Waals surface area contributed by atoms with E-state index in [0.717, 1.165) is 0 Å². The van der Waals surface area contributed by atoms with Gasteiger partial charge in [0.05, 0.1) is 17.7 Å². The fourth-order valence-corrected chi connectivity index (χ4v) is 1.51. The lowest BCUT2D eigenvalue weighted by molar-refractivity contribution is 0.0690. The highest BCUT2D eigenvalue weighted by Gasteiger charge is 2.10. The molecule has 2 aromatic rings. The standard InChI is InChI=1S/C10H12O3.C7H5N/c1-7(2)13-9-6-4-3-5-8(9)10(11)12;8-6-7-4-2-1-3-5-7/h3-7H,1-2H3,(H,11,12);1-5H. The van der Waals surface area contributed by atoms with E-state index in [9.17, 15) is 4.79 Å². The highest BCUT2D eigenvalue weighted by Crippen LogP contribution is 2.18. The number of para-hydroxylation sites is 1. The third-order valence-corrected chi connectivity index (χ3v) is 2.38. The molecule has 0 amide bonds. The van der Waals surface area contributed by atoms with Gasteiger partial charge in [-0.15, -0.1) is 0 Å². The third-order valence-electron chi connectivity index (χ3n) is 2.38. The van der Waals surface area contributed by atoms with Crippen LogP contribution in [0.2, 0.25) is 0 Å². The number of nitrogens with zero attached hydrogens (tertiary/aromatic N) is 1. The maximum atomic E-state index is 10.7. The van der Waals surface area contributed by atoms with Crippen molar-refractivity contribution in [2.24, 2.45) is 0 Å². The number of carboxylic acids is 1. The van der Waals surface area contributed by atoms with Crippen LogP contribution in [-0.2, 0) is 0 Å². The van der Waals surface area contributed by atoms with E-state index in [1.54, 1.807) is 30.3 Å². The first-order chi connectivity index (χ1) is 10.0. The molecule has 108 valence electrons. The number of rotatable bonds is 3. The molecule has 0 aromatic heterocycles. The minimum atomic E-state index is -0.962. The molecule has 4 nitrogen and oxygen atoms in total. The molecular formula is C17H17NO3. The fourth-order valence-electron chi connectivity index (χ4n) is 1.51. The van der Waals surface area contributed by atoms with E-state index in [-0.39, 0.29) is 11.7 Å². The zero-order valence-electron chi connectivity index (χ0n) is 12.0. The molecule has 21 heavy (non-hydrogen) atoms. The second kappa shape index (κ2) is 8.39. The number of nitriles is 1. The van der Waals surface area contributed by atoms with Crippen LogP contribution in [0.15, 0.2) is 54.6 Å². The first-order valence-corrected chi connectivity index (χ1v) is 6.48. The van der Waals surface area contributed by atoms with E-state index >= 15 is 0 Å². The van der Waals surface area contributed by atoms with E-state index in [1.165, 1.54) is 6.07 Å². The largest absolute Gasteiger partial charge is 0.490 e. The van der Waals surface area contributed by atoms with Gasteiger partial charge in [0.25, 0.3) is 0 Å². The van der Waals surface area contributed by atoms with E-state index in [1.807, 2.05) is 38.1 Å². The van der Waals surface area contributed by atoms with Crippen LogP contribution in [0.5, 0.6) is 5.75 Å². The molecule has 0 aliphatic heterocycles. The Kier molecular flexibility index (Phi) is 6.49. The quantitative estimate of drug-likeness (QED) is 0.931. The predicted octanol–water partition coefficient (Wildman–Crippen LogP) is 3.73. The van der Waals surface area contributed by atoms with Crippen LogP contribution in [0.25, 0.3) is 0 Å². The lowest BCUT2D eigenvalue weighted by Crippen LogP contribution is -2.09. The minimum Gasteiger partial charge on any atom is -0.490 e. The number of hydrogen-bond acceptors (Lipinski definition) is 3. The number of carbonyl (C=O) groups is 1. The summed E-state index contributed by atoms with van der Waals surface area (Å²) in [4.78, 5) is 10.7. The topological polar surface area (TPSA) is 70.3 Å². The summed E-state index contributed by atoms with van der Waals surface area (Å²) in [7, 11) is 0. The second-order valence-electron chi connectivity index (χ2n) is 4.45. The molecule has 2 rings (SSSR count). The van der Waals surface area contributed by atoms with Gasteiger partial charge >= 0.3 is 5.97 Å². The second-order valence-corrected chi connectivity index (χ2v) is 4.45. The van der Waals surface area contributed by atoms with Gasteiger partial charge < -0.3 is 9.84 Å². The van der Waals surface area contributed by atoms with Gasteiger partial charge in [-0.05, 0) is 38.1 Å². The molecule has 0 aliphatic carbocycles. The molecule has 0 saturated carbocycles. The van der Waals surface area contributed by atoms with Gasteiger partial charge in [0, 0.05) is 0 Å². The molecule has 0 unspecified atom stereocenters.